The van der Waals surface area contributed by atoms with Gasteiger partial charge in [0.25, 0.3) is 0 Å². The van der Waals surface area contributed by atoms with Crippen molar-refractivity contribution in [1.82, 2.24) is 5.32 Å². The van der Waals surface area contributed by atoms with Crippen LogP contribution in [0.5, 0.6) is 5.75 Å². The second-order valence-corrected chi connectivity index (χ2v) is 6.08. The Kier molecular flexibility index (Phi) is 5.14. The van der Waals surface area contributed by atoms with Crippen molar-refractivity contribution in [2.24, 2.45) is 11.8 Å². The van der Waals surface area contributed by atoms with Crippen molar-refractivity contribution in [2.45, 2.75) is 39.0 Å². The normalized spacial score (nSPS) is 22.2. The highest BCUT2D eigenvalue weighted by Gasteiger charge is 2.37. The third kappa shape index (κ3) is 4.63. The molecule has 0 aromatic heterocycles. The van der Waals surface area contributed by atoms with Gasteiger partial charge in [-0.05, 0) is 55.3 Å². The number of hydrogen-bond donors (Lipinski definition) is 1. The number of ether oxygens (including phenoxy) is 1. The highest BCUT2D eigenvalue weighted by molar-refractivity contribution is 5.38. The van der Waals surface area contributed by atoms with Crippen LogP contribution in [0, 0.1) is 11.8 Å². The predicted molar refractivity (Wildman–Crippen MR) is 76.3 cm³/mol. The van der Waals surface area contributed by atoms with E-state index in [0.29, 0.717) is 17.4 Å². The molecule has 1 saturated carbocycles. The van der Waals surface area contributed by atoms with Gasteiger partial charge in [-0.1, -0.05) is 32.0 Å². The van der Waals surface area contributed by atoms with Crippen LogP contribution in [0.3, 0.4) is 0 Å². The molecule has 2 atom stereocenters. The van der Waals surface area contributed by atoms with E-state index in [4.69, 9.17) is 0 Å². The molecule has 2 nitrogen and oxygen atoms in total. The maximum absolute atomic E-state index is 12.5. The number of hydrogen-bond acceptors (Lipinski definition) is 2. The van der Waals surface area contributed by atoms with Crippen LogP contribution < -0.4 is 10.1 Å². The third-order valence-electron chi connectivity index (χ3n) is 3.92. The molecule has 1 aliphatic carbocycles. The second kappa shape index (κ2) is 6.69. The molecule has 0 amide bonds. The van der Waals surface area contributed by atoms with Gasteiger partial charge in [-0.2, -0.15) is 0 Å². The number of benzene rings is 1. The van der Waals surface area contributed by atoms with Crippen molar-refractivity contribution >= 4 is 0 Å². The first-order chi connectivity index (χ1) is 9.87. The fourth-order valence-corrected chi connectivity index (χ4v) is 2.78. The first kappa shape index (κ1) is 16.1. The Hall–Kier alpha value is -1.23. The highest BCUT2D eigenvalue weighted by atomic mass is 19.4. The van der Waals surface area contributed by atoms with Gasteiger partial charge in [-0.25, -0.2) is 0 Å². The van der Waals surface area contributed by atoms with Crippen molar-refractivity contribution in [3.63, 3.8) is 0 Å². The summed E-state index contributed by atoms with van der Waals surface area (Å²) in [4.78, 5) is 0. The first-order valence-corrected chi connectivity index (χ1v) is 7.42. The number of halogens is 3. The molecule has 0 saturated heterocycles. The maximum atomic E-state index is 12.5. The number of rotatable bonds is 6. The highest BCUT2D eigenvalue weighted by Crippen LogP contribution is 2.46. The summed E-state index contributed by atoms with van der Waals surface area (Å²) in [6.07, 6.45) is -2.66. The molecule has 5 heteroatoms. The number of alkyl halides is 3. The smallest absolute Gasteiger partial charge is 0.405 e. The van der Waals surface area contributed by atoms with Gasteiger partial charge in [-0.15, -0.1) is 13.2 Å². The molecule has 118 valence electrons. The van der Waals surface area contributed by atoms with Gasteiger partial charge in [0.15, 0.2) is 0 Å². The van der Waals surface area contributed by atoms with Crippen LogP contribution in [0.25, 0.3) is 0 Å². The maximum Gasteiger partial charge on any atom is 0.573 e. The zero-order chi connectivity index (χ0) is 15.5. The summed E-state index contributed by atoms with van der Waals surface area (Å²) >= 11 is 0. The predicted octanol–water partition coefficient (Wildman–Crippen LogP) is 4.32. The summed E-state index contributed by atoms with van der Waals surface area (Å²) in [5.41, 5.74) is 0.678. The second-order valence-electron chi connectivity index (χ2n) is 6.08. The summed E-state index contributed by atoms with van der Waals surface area (Å²) in [5, 5.41) is 3.39. The van der Waals surface area contributed by atoms with E-state index in [0.717, 1.165) is 25.9 Å². The Morgan fingerprint density at radius 1 is 1.24 bits per heavy atom. The van der Waals surface area contributed by atoms with Crippen LogP contribution in [0.2, 0.25) is 0 Å². The van der Waals surface area contributed by atoms with Crippen molar-refractivity contribution in [3.8, 4) is 5.75 Å². The molecule has 0 heterocycles. The van der Waals surface area contributed by atoms with Gasteiger partial charge < -0.3 is 10.1 Å². The minimum atomic E-state index is -4.63. The first-order valence-electron chi connectivity index (χ1n) is 7.42. The van der Waals surface area contributed by atoms with Crippen molar-refractivity contribution in [1.29, 1.82) is 0 Å². The molecule has 21 heavy (non-hydrogen) atoms. The molecule has 0 radical (unpaired) electrons. The lowest BCUT2D eigenvalue weighted by molar-refractivity contribution is -0.275. The topological polar surface area (TPSA) is 21.3 Å². The monoisotopic (exact) mass is 301 g/mol. The lowest BCUT2D eigenvalue weighted by Gasteiger charge is -2.38. The standard InChI is InChI=1S/C16H22F3NO/c1-11(2)9-20-10-12-7-8-13(12)14-5-3-4-6-15(14)21-16(17,18)19/h3-6,11-13,20H,7-10H2,1-2H3. The van der Waals surface area contributed by atoms with E-state index >= 15 is 0 Å². The van der Waals surface area contributed by atoms with E-state index in [1.165, 1.54) is 6.07 Å². The third-order valence-corrected chi connectivity index (χ3v) is 3.92. The Labute approximate surface area is 123 Å². The number of para-hydroxylation sites is 1. The fourth-order valence-electron chi connectivity index (χ4n) is 2.78. The molecule has 1 aliphatic rings. The Morgan fingerprint density at radius 3 is 2.52 bits per heavy atom. The Bertz CT molecular complexity index is 459. The van der Waals surface area contributed by atoms with Crippen LogP contribution in [0.15, 0.2) is 24.3 Å². The van der Waals surface area contributed by atoms with Crippen LogP contribution in [0.4, 0.5) is 13.2 Å². The van der Waals surface area contributed by atoms with Crippen LogP contribution in [-0.4, -0.2) is 19.5 Å². The molecule has 0 aliphatic heterocycles. The molecule has 0 spiro atoms. The minimum absolute atomic E-state index is 0.0523. The van der Waals surface area contributed by atoms with E-state index < -0.39 is 6.36 Å². The summed E-state index contributed by atoms with van der Waals surface area (Å²) in [7, 11) is 0. The van der Waals surface area contributed by atoms with Crippen LogP contribution in [0.1, 0.15) is 38.2 Å². The summed E-state index contributed by atoms with van der Waals surface area (Å²) in [6.45, 7) is 6.06. The Balaban J connectivity index is 2.01. The van der Waals surface area contributed by atoms with E-state index in [-0.39, 0.29) is 11.7 Å². The average molecular weight is 301 g/mol. The van der Waals surface area contributed by atoms with Crippen molar-refractivity contribution in [3.05, 3.63) is 29.8 Å². The average Bonchev–Trinajstić information content (AvgIpc) is 2.33. The molecule has 1 aromatic carbocycles. The van der Waals surface area contributed by atoms with Crippen LogP contribution in [-0.2, 0) is 0 Å². The van der Waals surface area contributed by atoms with Gasteiger partial charge in [0.1, 0.15) is 5.75 Å². The van der Waals surface area contributed by atoms with Gasteiger partial charge in [0.2, 0.25) is 0 Å². The molecule has 1 fully saturated rings. The van der Waals surface area contributed by atoms with Crippen molar-refractivity contribution in [2.75, 3.05) is 13.1 Å². The molecule has 2 unspecified atom stereocenters. The SMILES string of the molecule is CC(C)CNCC1CCC1c1ccccc1OC(F)(F)F. The fraction of sp³-hybridized carbons (Fsp3) is 0.625. The minimum Gasteiger partial charge on any atom is -0.405 e. The lowest BCUT2D eigenvalue weighted by atomic mass is 9.69. The summed E-state index contributed by atoms with van der Waals surface area (Å²) in [5.74, 6) is 1.07. The van der Waals surface area contributed by atoms with Crippen LogP contribution >= 0.6 is 0 Å². The van der Waals surface area contributed by atoms with E-state index in [1.807, 2.05) is 0 Å². The van der Waals surface area contributed by atoms with E-state index in [2.05, 4.69) is 23.9 Å². The van der Waals surface area contributed by atoms with Gasteiger partial charge in [0.05, 0.1) is 0 Å². The van der Waals surface area contributed by atoms with Gasteiger partial charge >= 0.3 is 6.36 Å². The molecule has 2 rings (SSSR count). The van der Waals surface area contributed by atoms with Crippen molar-refractivity contribution < 1.29 is 17.9 Å². The largest absolute Gasteiger partial charge is 0.573 e. The molecule has 0 bridgehead atoms. The molecule has 1 N–H and O–H groups in total. The zero-order valence-electron chi connectivity index (χ0n) is 12.4. The molecule has 1 aromatic rings. The Morgan fingerprint density at radius 2 is 1.95 bits per heavy atom. The molecular formula is C16H22F3NO. The van der Waals surface area contributed by atoms with Gasteiger partial charge in [-0.3, -0.25) is 0 Å². The van der Waals surface area contributed by atoms with E-state index in [1.54, 1.807) is 18.2 Å². The summed E-state index contributed by atoms with van der Waals surface area (Å²) in [6, 6.07) is 6.50. The van der Waals surface area contributed by atoms with E-state index in [9.17, 15) is 13.2 Å². The van der Waals surface area contributed by atoms with Gasteiger partial charge in [0, 0.05) is 0 Å². The quantitative estimate of drug-likeness (QED) is 0.844. The number of nitrogens with one attached hydrogen (secondary N) is 1. The zero-order valence-corrected chi connectivity index (χ0v) is 12.4. The molecular weight excluding hydrogens is 279 g/mol. The lowest BCUT2D eigenvalue weighted by Crippen LogP contribution is -2.35. The summed E-state index contributed by atoms with van der Waals surface area (Å²) < 4.78 is 41.5.